The van der Waals surface area contributed by atoms with E-state index < -0.39 is 6.09 Å². The number of anilines is 2. The summed E-state index contributed by atoms with van der Waals surface area (Å²) in [5.41, 5.74) is 9.28. The van der Waals surface area contributed by atoms with Gasteiger partial charge >= 0.3 is 6.09 Å². The minimum absolute atomic E-state index is 0.0126. The van der Waals surface area contributed by atoms with Gasteiger partial charge in [-0.15, -0.1) is 0 Å². The largest absolute Gasteiger partial charge is 0.465 e. The summed E-state index contributed by atoms with van der Waals surface area (Å²) in [6.45, 7) is 2.06. The number of aromatic nitrogens is 2. The second-order valence-corrected chi connectivity index (χ2v) is 8.67. The van der Waals surface area contributed by atoms with Gasteiger partial charge in [-0.05, 0) is 61.6 Å². The zero-order valence-electron chi connectivity index (χ0n) is 16.8. The number of halogens is 1. The van der Waals surface area contributed by atoms with Crippen LogP contribution in [-0.2, 0) is 12.8 Å². The summed E-state index contributed by atoms with van der Waals surface area (Å²) >= 11 is 0. The average Bonchev–Trinajstić information content (AvgIpc) is 3.17. The van der Waals surface area contributed by atoms with Gasteiger partial charge in [-0.1, -0.05) is 12.1 Å². The van der Waals surface area contributed by atoms with Crippen molar-refractivity contribution in [2.45, 2.75) is 44.1 Å². The van der Waals surface area contributed by atoms with Gasteiger partial charge < -0.3 is 20.6 Å². The van der Waals surface area contributed by atoms with Gasteiger partial charge in [0.25, 0.3) is 0 Å². The van der Waals surface area contributed by atoms with Gasteiger partial charge in [0.05, 0.1) is 11.7 Å². The molecule has 5 rings (SSSR count). The highest BCUT2D eigenvalue weighted by atomic mass is 19.1. The summed E-state index contributed by atoms with van der Waals surface area (Å²) in [5, 5.41) is 9.57. The molecular formula is C22H26FN5O2. The normalized spacial score (nSPS) is 25.7. The van der Waals surface area contributed by atoms with Crippen LogP contribution in [-0.4, -0.2) is 51.7 Å². The molecule has 0 spiro atoms. The van der Waals surface area contributed by atoms with Gasteiger partial charge in [0, 0.05) is 25.2 Å². The first-order chi connectivity index (χ1) is 14.5. The number of rotatable bonds is 2. The molecule has 1 aliphatic carbocycles. The quantitative estimate of drug-likeness (QED) is 0.789. The number of fused-ring (bicyclic) bond motifs is 2. The molecule has 3 N–H and O–H groups in total. The third-order valence-electron chi connectivity index (χ3n) is 6.94. The molecular weight excluding hydrogens is 385 g/mol. The van der Waals surface area contributed by atoms with Gasteiger partial charge in [-0.2, -0.15) is 4.98 Å². The van der Waals surface area contributed by atoms with Crippen molar-refractivity contribution in [2.75, 3.05) is 30.3 Å². The molecule has 3 aliphatic rings. The Morgan fingerprint density at radius 2 is 1.97 bits per heavy atom. The van der Waals surface area contributed by atoms with E-state index in [-0.39, 0.29) is 23.7 Å². The van der Waals surface area contributed by atoms with Gasteiger partial charge in [0.2, 0.25) is 5.95 Å². The summed E-state index contributed by atoms with van der Waals surface area (Å²) in [6.07, 6.45) is 3.65. The van der Waals surface area contributed by atoms with Crippen LogP contribution in [0.4, 0.5) is 21.0 Å². The fourth-order valence-corrected chi connectivity index (χ4v) is 5.49. The number of benzene rings is 1. The molecule has 1 aromatic carbocycles. The number of likely N-dealkylation sites (tertiary alicyclic amines) is 1. The van der Waals surface area contributed by atoms with E-state index in [1.165, 1.54) is 12.1 Å². The molecule has 7 nitrogen and oxygen atoms in total. The van der Waals surface area contributed by atoms with Crippen LogP contribution < -0.4 is 10.6 Å². The molecule has 0 radical (unpaired) electrons. The van der Waals surface area contributed by atoms with Crippen LogP contribution in [0.25, 0.3) is 0 Å². The summed E-state index contributed by atoms with van der Waals surface area (Å²) in [7, 11) is 0. The Morgan fingerprint density at radius 3 is 2.73 bits per heavy atom. The molecule has 3 heterocycles. The van der Waals surface area contributed by atoms with E-state index >= 15 is 0 Å². The molecule has 2 aromatic rings. The highest BCUT2D eigenvalue weighted by Crippen LogP contribution is 2.39. The van der Waals surface area contributed by atoms with Crippen molar-refractivity contribution < 1.29 is 14.3 Å². The topological polar surface area (TPSA) is 95.6 Å². The van der Waals surface area contributed by atoms with Gasteiger partial charge in [-0.25, -0.2) is 14.2 Å². The summed E-state index contributed by atoms with van der Waals surface area (Å²) in [6, 6.07) is 6.72. The molecule has 2 saturated heterocycles. The lowest BCUT2D eigenvalue weighted by atomic mass is 9.82. The fraction of sp³-hybridized carbons (Fsp3) is 0.500. The summed E-state index contributed by atoms with van der Waals surface area (Å²) in [5.74, 6) is 1.51. The zero-order valence-corrected chi connectivity index (χ0v) is 16.8. The Bertz CT molecular complexity index is 967. The average molecular weight is 411 g/mol. The van der Waals surface area contributed by atoms with Crippen LogP contribution in [0.5, 0.6) is 0 Å². The Hall–Kier alpha value is -2.90. The molecule has 1 amide bonds. The first kappa shape index (κ1) is 19.1. The first-order valence-corrected chi connectivity index (χ1v) is 10.6. The molecule has 0 bridgehead atoms. The number of hydrogen-bond acceptors (Lipinski definition) is 5. The second-order valence-electron chi connectivity index (χ2n) is 8.67. The number of nitrogen functional groups attached to an aromatic ring is 1. The SMILES string of the molecule is Nc1nc2c(c(N3C[C@H]4CCCN(C(=O)O)[C@H]4C3)n1)CCC(c1ccc(F)cc1)C2. The summed E-state index contributed by atoms with van der Waals surface area (Å²) in [4.78, 5) is 24.6. The van der Waals surface area contributed by atoms with Crippen molar-refractivity contribution >= 4 is 17.9 Å². The van der Waals surface area contributed by atoms with E-state index in [1.54, 1.807) is 4.90 Å². The predicted molar refractivity (Wildman–Crippen MR) is 111 cm³/mol. The standard InChI is InChI=1S/C22H26FN5O2/c23-16-6-3-13(4-7-16)14-5-8-17-18(10-14)25-21(24)26-20(17)27-11-15-2-1-9-28(22(29)30)19(15)12-27/h3-4,6-7,14-15,19H,1-2,5,8-12H2,(H,29,30)(H2,24,25,26)/t14?,15-,19+/m1/s1. The highest BCUT2D eigenvalue weighted by molar-refractivity contribution is 5.66. The Kier molecular flexibility index (Phi) is 4.72. The molecule has 2 aliphatic heterocycles. The Labute approximate surface area is 174 Å². The van der Waals surface area contributed by atoms with Crippen LogP contribution in [0.1, 0.15) is 42.0 Å². The Balaban J connectivity index is 1.42. The third kappa shape index (κ3) is 3.34. The summed E-state index contributed by atoms with van der Waals surface area (Å²) < 4.78 is 13.3. The van der Waals surface area contributed by atoms with Crippen molar-refractivity contribution in [3.8, 4) is 0 Å². The lowest BCUT2D eigenvalue weighted by molar-refractivity contribution is 0.0965. The van der Waals surface area contributed by atoms with Crippen molar-refractivity contribution in [1.82, 2.24) is 14.9 Å². The molecule has 2 fully saturated rings. The number of hydrogen-bond donors (Lipinski definition) is 2. The van der Waals surface area contributed by atoms with E-state index in [4.69, 9.17) is 5.73 Å². The number of nitrogens with zero attached hydrogens (tertiary/aromatic N) is 4. The zero-order chi connectivity index (χ0) is 20.8. The minimum Gasteiger partial charge on any atom is -0.465 e. The van der Waals surface area contributed by atoms with E-state index in [0.717, 1.165) is 61.3 Å². The van der Waals surface area contributed by atoms with Crippen molar-refractivity contribution in [2.24, 2.45) is 5.92 Å². The van der Waals surface area contributed by atoms with Crippen LogP contribution in [0.2, 0.25) is 0 Å². The second kappa shape index (κ2) is 7.41. The number of amides is 1. The third-order valence-corrected chi connectivity index (χ3v) is 6.94. The molecule has 3 atom stereocenters. The predicted octanol–water partition coefficient (Wildman–Crippen LogP) is 3.05. The van der Waals surface area contributed by atoms with E-state index in [0.29, 0.717) is 19.0 Å². The van der Waals surface area contributed by atoms with Crippen LogP contribution in [0.3, 0.4) is 0 Å². The van der Waals surface area contributed by atoms with Gasteiger partial charge in [-0.3, -0.25) is 0 Å². The first-order valence-electron chi connectivity index (χ1n) is 10.6. The highest BCUT2D eigenvalue weighted by Gasteiger charge is 2.42. The number of piperidine rings is 1. The maximum Gasteiger partial charge on any atom is 0.407 e. The molecule has 158 valence electrons. The van der Waals surface area contributed by atoms with Crippen molar-refractivity contribution in [3.63, 3.8) is 0 Å². The van der Waals surface area contributed by atoms with Crippen LogP contribution in [0, 0.1) is 11.7 Å². The van der Waals surface area contributed by atoms with Crippen molar-refractivity contribution in [3.05, 3.63) is 46.9 Å². The monoisotopic (exact) mass is 411 g/mol. The Morgan fingerprint density at radius 1 is 1.17 bits per heavy atom. The maximum atomic E-state index is 13.3. The minimum atomic E-state index is -0.835. The smallest absolute Gasteiger partial charge is 0.407 e. The molecule has 30 heavy (non-hydrogen) atoms. The molecule has 1 aromatic heterocycles. The van der Waals surface area contributed by atoms with Crippen LogP contribution >= 0.6 is 0 Å². The van der Waals surface area contributed by atoms with E-state index in [1.807, 2.05) is 12.1 Å². The van der Waals surface area contributed by atoms with Gasteiger partial charge in [0.1, 0.15) is 11.6 Å². The maximum absolute atomic E-state index is 13.3. The number of carbonyl (C=O) groups is 1. The van der Waals surface area contributed by atoms with Crippen molar-refractivity contribution in [1.29, 1.82) is 0 Å². The molecule has 8 heteroatoms. The number of nitrogens with two attached hydrogens (primary N) is 1. The molecule has 0 saturated carbocycles. The van der Waals surface area contributed by atoms with Crippen LogP contribution in [0.15, 0.2) is 24.3 Å². The number of carboxylic acid groups (broad SMARTS) is 1. The van der Waals surface area contributed by atoms with Gasteiger partial charge in [0.15, 0.2) is 0 Å². The fourth-order valence-electron chi connectivity index (χ4n) is 5.49. The molecule has 1 unspecified atom stereocenters. The van der Waals surface area contributed by atoms with E-state index in [2.05, 4.69) is 14.9 Å². The lowest BCUT2D eigenvalue weighted by Crippen LogP contribution is -2.47. The van der Waals surface area contributed by atoms with E-state index in [9.17, 15) is 14.3 Å². The lowest BCUT2D eigenvalue weighted by Gasteiger charge is -2.34.